The molecule has 114 valence electrons. The van der Waals surface area contributed by atoms with Crippen molar-refractivity contribution in [1.29, 1.82) is 0 Å². The molecule has 8 heteroatoms. The Morgan fingerprint density at radius 3 is 2.95 bits per heavy atom. The zero-order valence-electron chi connectivity index (χ0n) is 12.9. The van der Waals surface area contributed by atoms with Gasteiger partial charge in [-0.25, -0.2) is 9.18 Å². The highest BCUT2D eigenvalue weighted by Crippen LogP contribution is 2.26. The number of thiophene rings is 1. The van der Waals surface area contributed by atoms with Crippen LogP contribution in [0.1, 0.15) is 12.5 Å². The number of hydrogen-bond donors (Lipinski definition) is 0. The van der Waals surface area contributed by atoms with Gasteiger partial charge in [-0.3, -0.25) is 0 Å². The van der Waals surface area contributed by atoms with E-state index in [2.05, 4.69) is 10.4 Å². The van der Waals surface area contributed by atoms with Crippen LogP contribution in [-0.4, -0.2) is 19.8 Å². The molecule has 1 aromatic carbocycles. The third-order valence-corrected chi connectivity index (χ3v) is 4.09. The van der Waals surface area contributed by atoms with Crippen molar-refractivity contribution in [2.75, 3.05) is 0 Å². The van der Waals surface area contributed by atoms with Gasteiger partial charge in [0.25, 0.3) is 0 Å². The predicted octanol–water partition coefficient (Wildman–Crippen LogP) is 2.05. The maximum absolute atomic E-state index is 14.0. The number of rotatable bonds is 4. The molecule has 0 fully saturated rings. The van der Waals surface area contributed by atoms with E-state index in [9.17, 15) is 9.18 Å². The summed E-state index contributed by atoms with van der Waals surface area (Å²) in [5, 5.41) is 8.99. The van der Waals surface area contributed by atoms with Crippen LogP contribution in [0.25, 0.3) is 5.00 Å². The number of aromatic nitrogens is 4. The van der Waals surface area contributed by atoms with Crippen LogP contribution in [0.2, 0.25) is 0 Å². The summed E-state index contributed by atoms with van der Waals surface area (Å²) in [6.07, 6.45) is 0. The molecule has 0 aliphatic heterocycles. The van der Waals surface area contributed by atoms with Crippen LogP contribution in [0.5, 0.6) is 5.75 Å². The molecule has 2 heterocycles. The molecule has 0 bridgehead atoms. The lowest BCUT2D eigenvalue weighted by atomic mass is 10.2. The monoisotopic (exact) mass is 322 g/mol. The molecule has 0 saturated carbocycles. The molecule has 2 aromatic heterocycles. The highest BCUT2D eigenvalue weighted by atomic mass is 32.1. The fraction of sp³-hybridized carbons (Fsp3) is 0.214. The zero-order chi connectivity index (χ0) is 16.6. The fourth-order valence-electron chi connectivity index (χ4n) is 1.91. The number of para-hydroxylation sites is 1. The number of hydrogen-bond acceptors (Lipinski definition) is 5. The second kappa shape index (κ2) is 5.72. The summed E-state index contributed by atoms with van der Waals surface area (Å²) in [5.74, 6) is 0.0985. The van der Waals surface area contributed by atoms with E-state index in [1.165, 1.54) is 12.4 Å². The molecule has 0 aliphatic rings. The van der Waals surface area contributed by atoms with Gasteiger partial charge in [-0.05, 0) is 29.0 Å². The smallest absolute Gasteiger partial charge is 0.368 e. The van der Waals surface area contributed by atoms with E-state index < -0.39 is 11.5 Å². The molecular weight excluding hydrogens is 307 g/mol. The highest BCUT2D eigenvalue weighted by molar-refractivity contribution is 7.12. The molecule has 0 radical (unpaired) electrons. The van der Waals surface area contributed by atoms with Crippen LogP contribution in [-0.2, 0) is 13.7 Å². The molecule has 0 aliphatic carbocycles. The Labute approximate surface area is 130 Å². The summed E-state index contributed by atoms with van der Waals surface area (Å²) in [5.41, 5.74) is 0.571. The number of halogens is 1. The van der Waals surface area contributed by atoms with Crippen molar-refractivity contribution in [3.05, 3.63) is 57.0 Å². The van der Waals surface area contributed by atoms with Crippen molar-refractivity contribution >= 4 is 11.3 Å². The predicted molar refractivity (Wildman–Crippen MR) is 79.9 cm³/mol. The van der Waals surface area contributed by atoms with E-state index in [1.54, 1.807) is 18.2 Å². The molecule has 22 heavy (non-hydrogen) atoms. The Morgan fingerprint density at radius 1 is 1.45 bits per heavy atom. The number of aryl methyl sites for hydroxylation is 2. The third-order valence-electron chi connectivity index (χ3n) is 3.13. The van der Waals surface area contributed by atoms with E-state index in [-0.39, 0.29) is 12.2 Å². The van der Waals surface area contributed by atoms with Gasteiger partial charge in [-0.15, -0.1) is 16.0 Å². The minimum absolute atomic E-state index is 0.0497. The van der Waals surface area contributed by atoms with Gasteiger partial charge in [0.2, 0.25) is 0 Å². The van der Waals surface area contributed by atoms with Crippen LogP contribution in [0.3, 0.4) is 0 Å². The van der Waals surface area contributed by atoms with Gasteiger partial charge < -0.3 is 4.74 Å². The van der Waals surface area contributed by atoms with E-state index in [0.717, 1.165) is 26.3 Å². The summed E-state index contributed by atoms with van der Waals surface area (Å²) in [6, 6.07) is 5.30. The van der Waals surface area contributed by atoms with E-state index in [4.69, 9.17) is 6.11 Å². The highest BCUT2D eigenvalue weighted by Gasteiger charge is 2.18. The van der Waals surface area contributed by atoms with Crippen LogP contribution in [0.4, 0.5) is 4.39 Å². The number of benzene rings is 1. The van der Waals surface area contributed by atoms with Gasteiger partial charge >= 0.3 is 5.69 Å². The lowest BCUT2D eigenvalue weighted by molar-refractivity contribution is 0.298. The Balaban J connectivity index is 1.90. The Hall–Kier alpha value is -2.48. The average molecular weight is 322 g/mol. The summed E-state index contributed by atoms with van der Waals surface area (Å²) in [6.45, 7) is 1.76. The summed E-state index contributed by atoms with van der Waals surface area (Å²) >= 11 is 1.06. The van der Waals surface area contributed by atoms with Gasteiger partial charge in [0.1, 0.15) is 23.2 Å². The third kappa shape index (κ3) is 2.52. The quantitative estimate of drug-likeness (QED) is 0.737. The van der Waals surface area contributed by atoms with E-state index in [1.807, 2.05) is 6.92 Å². The summed E-state index contributed by atoms with van der Waals surface area (Å²) < 4.78 is 29.3. The molecule has 0 unspecified atom stereocenters. The Bertz CT molecular complexity index is 918. The van der Waals surface area contributed by atoms with E-state index in [0.29, 0.717) is 16.8 Å². The SMILES string of the molecule is [3H]c1ccc(OCc2c(F)csc2-n2nnn(C)c2=O)c(C)c1. The fourth-order valence-corrected chi connectivity index (χ4v) is 2.78. The van der Waals surface area contributed by atoms with Crippen LogP contribution < -0.4 is 10.4 Å². The minimum atomic E-state index is -0.461. The van der Waals surface area contributed by atoms with Crippen LogP contribution in [0, 0.1) is 12.7 Å². The first-order chi connectivity index (χ1) is 11.0. The maximum Gasteiger partial charge on any atom is 0.368 e. The van der Waals surface area contributed by atoms with Crippen molar-refractivity contribution in [1.82, 2.24) is 19.8 Å². The molecule has 0 atom stereocenters. The van der Waals surface area contributed by atoms with Gasteiger partial charge in [0.15, 0.2) is 0 Å². The Morgan fingerprint density at radius 2 is 2.27 bits per heavy atom. The van der Waals surface area contributed by atoms with Crippen molar-refractivity contribution < 1.29 is 10.5 Å². The first-order valence-corrected chi connectivity index (χ1v) is 7.30. The van der Waals surface area contributed by atoms with Crippen molar-refractivity contribution in [2.24, 2.45) is 7.05 Å². The minimum Gasteiger partial charge on any atom is -0.488 e. The molecule has 0 amide bonds. The lowest BCUT2D eigenvalue weighted by Gasteiger charge is -2.09. The summed E-state index contributed by atoms with van der Waals surface area (Å²) in [4.78, 5) is 11.9. The maximum atomic E-state index is 14.0. The number of tetrazole rings is 1. The molecule has 3 aromatic rings. The zero-order valence-corrected chi connectivity index (χ0v) is 12.7. The first-order valence-electron chi connectivity index (χ1n) is 6.92. The molecular formula is C14H13FN4O2S. The van der Waals surface area contributed by atoms with Crippen molar-refractivity contribution in [3.63, 3.8) is 0 Å². The van der Waals surface area contributed by atoms with Crippen LogP contribution >= 0.6 is 11.3 Å². The standard InChI is InChI=1S/C14H13FN4O2S/c1-9-5-3-4-6-12(9)21-7-10-11(15)8-22-13(10)19-14(20)18(2)16-17-19/h3-6,8H,7H2,1-2H3/i3T. The first kappa shape index (κ1) is 13.2. The van der Waals surface area contributed by atoms with Crippen LogP contribution in [0.15, 0.2) is 34.4 Å². The molecule has 0 spiro atoms. The number of ether oxygens (including phenoxy) is 1. The average Bonchev–Trinajstić information content (AvgIpc) is 3.02. The normalized spacial score (nSPS) is 11.5. The van der Waals surface area contributed by atoms with Crippen molar-refractivity contribution in [2.45, 2.75) is 13.5 Å². The largest absolute Gasteiger partial charge is 0.488 e. The summed E-state index contributed by atoms with van der Waals surface area (Å²) in [7, 11) is 1.47. The van der Waals surface area contributed by atoms with Gasteiger partial charge in [0, 0.05) is 12.4 Å². The lowest BCUT2D eigenvalue weighted by Crippen LogP contribution is -2.22. The van der Waals surface area contributed by atoms with E-state index >= 15 is 0 Å². The Kier molecular flexibility index (Phi) is 3.43. The molecule has 0 N–H and O–H groups in total. The second-order valence-electron chi connectivity index (χ2n) is 4.64. The second-order valence-corrected chi connectivity index (χ2v) is 5.50. The number of nitrogens with zero attached hydrogens (tertiary/aromatic N) is 4. The van der Waals surface area contributed by atoms with Gasteiger partial charge in [-0.1, -0.05) is 18.2 Å². The molecule has 3 rings (SSSR count). The van der Waals surface area contributed by atoms with Gasteiger partial charge in [-0.2, -0.15) is 4.68 Å². The van der Waals surface area contributed by atoms with Crippen molar-refractivity contribution in [3.8, 4) is 10.8 Å². The molecule has 6 nitrogen and oxygen atoms in total. The molecule has 0 saturated heterocycles. The topological polar surface area (TPSA) is 61.9 Å². The van der Waals surface area contributed by atoms with Gasteiger partial charge in [0.05, 0.1) is 6.93 Å².